The van der Waals surface area contributed by atoms with Crippen molar-refractivity contribution >= 4 is 18.1 Å². The van der Waals surface area contributed by atoms with Crippen molar-refractivity contribution in [3.05, 3.63) is 69.6 Å². The number of aryl methyl sites for hydroxylation is 1. The highest BCUT2D eigenvalue weighted by Gasteiger charge is 2.17. The predicted molar refractivity (Wildman–Crippen MR) is 87.8 cm³/mol. The van der Waals surface area contributed by atoms with Gasteiger partial charge in [-0.25, -0.2) is 4.79 Å². The molecule has 0 fully saturated rings. The van der Waals surface area contributed by atoms with E-state index in [4.69, 9.17) is 5.11 Å². The van der Waals surface area contributed by atoms with Crippen molar-refractivity contribution in [1.82, 2.24) is 4.57 Å². The highest BCUT2D eigenvalue weighted by molar-refractivity contribution is 5.72. The Morgan fingerprint density at radius 3 is 2.36 bits per heavy atom. The van der Waals surface area contributed by atoms with Crippen LogP contribution >= 0.6 is 0 Å². The number of aliphatic carboxylic acids is 1. The summed E-state index contributed by atoms with van der Waals surface area (Å²) in [4.78, 5) is 23.2. The highest BCUT2D eigenvalue weighted by Crippen LogP contribution is 2.11. The van der Waals surface area contributed by atoms with Crippen LogP contribution in [0.1, 0.15) is 36.1 Å². The average molecular weight is 297 g/mol. The van der Waals surface area contributed by atoms with Crippen LogP contribution in [-0.4, -0.2) is 15.6 Å². The van der Waals surface area contributed by atoms with Gasteiger partial charge in [0.2, 0.25) is 0 Å². The molecule has 0 aliphatic carbocycles. The minimum Gasteiger partial charge on any atom is -0.480 e. The molecule has 1 aromatic heterocycles. The number of rotatable bonds is 5. The number of pyridine rings is 1. The molecule has 1 aromatic carbocycles. The number of hydrogen-bond donors (Lipinski definition) is 1. The van der Waals surface area contributed by atoms with Crippen molar-refractivity contribution in [2.75, 3.05) is 0 Å². The molecule has 1 unspecified atom stereocenters. The Hall–Kier alpha value is -2.62. The molecule has 1 heterocycles. The van der Waals surface area contributed by atoms with E-state index in [0.29, 0.717) is 6.42 Å². The Kier molecular flexibility index (Phi) is 4.94. The van der Waals surface area contributed by atoms with Crippen molar-refractivity contribution in [1.29, 1.82) is 0 Å². The van der Waals surface area contributed by atoms with Gasteiger partial charge in [0.25, 0.3) is 5.56 Å². The van der Waals surface area contributed by atoms with Gasteiger partial charge in [0, 0.05) is 12.3 Å². The molecule has 114 valence electrons. The van der Waals surface area contributed by atoms with Crippen molar-refractivity contribution in [3.63, 3.8) is 0 Å². The minimum absolute atomic E-state index is 0.305. The fourth-order valence-electron chi connectivity index (χ4n) is 2.23. The van der Waals surface area contributed by atoms with E-state index in [-0.39, 0.29) is 5.56 Å². The molecule has 0 saturated carbocycles. The van der Waals surface area contributed by atoms with E-state index in [1.54, 1.807) is 19.2 Å². The summed E-state index contributed by atoms with van der Waals surface area (Å²) in [6.07, 6.45) is 5.68. The zero-order chi connectivity index (χ0) is 16.1. The minimum atomic E-state index is -0.993. The zero-order valence-electron chi connectivity index (χ0n) is 12.7. The first-order valence-corrected chi connectivity index (χ1v) is 7.21. The van der Waals surface area contributed by atoms with Gasteiger partial charge in [-0.15, -0.1) is 0 Å². The van der Waals surface area contributed by atoms with E-state index < -0.39 is 12.0 Å². The highest BCUT2D eigenvalue weighted by atomic mass is 16.4. The third kappa shape index (κ3) is 3.73. The summed E-state index contributed by atoms with van der Waals surface area (Å²) in [5.41, 5.74) is 2.69. The van der Waals surface area contributed by atoms with Crippen LogP contribution in [0.2, 0.25) is 0 Å². The molecule has 22 heavy (non-hydrogen) atoms. The molecule has 0 saturated heterocycles. The Labute approximate surface area is 129 Å². The summed E-state index contributed by atoms with van der Waals surface area (Å²) in [6, 6.07) is 10.4. The van der Waals surface area contributed by atoms with E-state index >= 15 is 0 Å². The molecule has 0 aliphatic heterocycles. The normalized spacial score (nSPS) is 12.5. The maximum atomic E-state index is 12.1. The van der Waals surface area contributed by atoms with Crippen LogP contribution in [0.15, 0.2) is 47.4 Å². The lowest BCUT2D eigenvalue weighted by Crippen LogP contribution is -2.28. The Balaban J connectivity index is 2.24. The van der Waals surface area contributed by atoms with Crippen LogP contribution in [-0.2, 0) is 4.79 Å². The van der Waals surface area contributed by atoms with Crippen molar-refractivity contribution in [2.24, 2.45) is 0 Å². The molecule has 2 rings (SSSR count). The Bertz CT molecular complexity index is 742. The van der Waals surface area contributed by atoms with E-state index in [9.17, 15) is 9.59 Å². The largest absolute Gasteiger partial charge is 0.480 e. The maximum Gasteiger partial charge on any atom is 0.326 e. The van der Waals surface area contributed by atoms with Gasteiger partial charge in [-0.05, 0) is 30.5 Å². The third-order valence-corrected chi connectivity index (χ3v) is 3.53. The third-order valence-electron chi connectivity index (χ3n) is 3.53. The summed E-state index contributed by atoms with van der Waals surface area (Å²) < 4.78 is 1.26. The first-order valence-electron chi connectivity index (χ1n) is 7.21. The molecule has 0 amide bonds. The van der Waals surface area contributed by atoms with Gasteiger partial charge >= 0.3 is 5.97 Å². The summed E-state index contributed by atoms with van der Waals surface area (Å²) >= 11 is 0. The molecule has 1 atom stereocenters. The van der Waals surface area contributed by atoms with Gasteiger partial charge in [-0.1, -0.05) is 48.9 Å². The molecule has 4 nitrogen and oxygen atoms in total. The van der Waals surface area contributed by atoms with Crippen molar-refractivity contribution < 1.29 is 9.90 Å². The van der Waals surface area contributed by atoms with E-state index in [1.165, 1.54) is 16.2 Å². The van der Waals surface area contributed by atoms with E-state index in [2.05, 4.69) is 0 Å². The van der Waals surface area contributed by atoms with Gasteiger partial charge in [-0.2, -0.15) is 0 Å². The first-order chi connectivity index (χ1) is 10.5. The predicted octanol–water partition coefficient (Wildman–Crippen LogP) is 3.36. The first kappa shape index (κ1) is 15.8. The van der Waals surface area contributed by atoms with Crippen LogP contribution in [0.25, 0.3) is 12.2 Å². The lowest BCUT2D eigenvalue weighted by molar-refractivity contribution is -0.141. The van der Waals surface area contributed by atoms with Crippen molar-refractivity contribution in [2.45, 2.75) is 26.3 Å². The maximum absolute atomic E-state index is 12.1. The van der Waals surface area contributed by atoms with Gasteiger partial charge in [0.1, 0.15) is 6.04 Å². The standard InChI is InChI=1S/C18H19NO3/c1-3-16(18(21)22)19-11-10-15(12-17(19)20)9-8-14-6-4-13(2)5-7-14/h4-12,16H,3H2,1-2H3,(H,21,22)/b9-8+. The fraction of sp³-hybridized carbons (Fsp3) is 0.222. The molecule has 4 heteroatoms. The Morgan fingerprint density at radius 1 is 1.18 bits per heavy atom. The topological polar surface area (TPSA) is 59.3 Å². The average Bonchev–Trinajstić information content (AvgIpc) is 2.49. The fourth-order valence-corrected chi connectivity index (χ4v) is 2.23. The van der Waals surface area contributed by atoms with Gasteiger partial charge in [0.15, 0.2) is 0 Å². The second-order valence-corrected chi connectivity index (χ2v) is 5.21. The smallest absolute Gasteiger partial charge is 0.326 e. The number of carboxylic acid groups (broad SMARTS) is 1. The number of carbonyl (C=O) groups is 1. The van der Waals surface area contributed by atoms with E-state index in [1.807, 2.05) is 43.3 Å². The quantitative estimate of drug-likeness (QED) is 0.920. The number of aromatic nitrogens is 1. The molecular weight excluding hydrogens is 278 g/mol. The molecule has 0 bridgehead atoms. The Morgan fingerprint density at radius 2 is 1.82 bits per heavy atom. The van der Waals surface area contributed by atoms with Gasteiger partial charge < -0.3 is 9.67 Å². The second-order valence-electron chi connectivity index (χ2n) is 5.21. The summed E-state index contributed by atoms with van der Waals surface area (Å²) in [7, 11) is 0. The molecule has 2 aromatic rings. The number of carboxylic acids is 1. The SMILES string of the molecule is CCC(C(=O)O)n1ccc(/C=C/c2ccc(C)cc2)cc1=O. The molecule has 0 radical (unpaired) electrons. The van der Waals surface area contributed by atoms with Crippen LogP contribution in [0.5, 0.6) is 0 Å². The molecule has 0 spiro atoms. The van der Waals surface area contributed by atoms with Crippen molar-refractivity contribution in [3.8, 4) is 0 Å². The van der Waals surface area contributed by atoms with Crippen LogP contribution in [0.4, 0.5) is 0 Å². The molecule has 1 N–H and O–H groups in total. The summed E-state index contributed by atoms with van der Waals surface area (Å²) in [5.74, 6) is -0.993. The lowest BCUT2D eigenvalue weighted by Gasteiger charge is -2.13. The van der Waals surface area contributed by atoms with Crippen LogP contribution in [0.3, 0.4) is 0 Å². The molecular formula is C18H19NO3. The zero-order valence-corrected chi connectivity index (χ0v) is 12.7. The molecule has 0 aliphatic rings. The lowest BCUT2D eigenvalue weighted by atomic mass is 10.1. The van der Waals surface area contributed by atoms with E-state index in [0.717, 1.165) is 11.1 Å². The second kappa shape index (κ2) is 6.89. The monoisotopic (exact) mass is 297 g/mol. The number of hydrogen-bond acceptors (Lipinski definition) is 2. The number of nitrogens with zero attached hydrogens (tertiary/aromatic N) is 1. The van der Waals surface area contributed by atoms with Gasteiger partial charge in [0.05, 0.1) is 0 Å². The van der Waals surface area contributed by atoms with Crippen LogP contribution < -0.4 is 5.56 Å². The van der Waals surface area contributed by atoms with Gasteiger partial charge in [-0.3, -0.25) is 4.79 Å². The summed E-state index contributed by atoms with van der Waals surface area (Å²) in [6.45, 7) is 3.77. The summed E-state index contributed by atoms with van der Waals surface area (Å²) in [5, 5.41) is 9.12. The number of benzene rings is 1. The van der Waals surface area contributed by atoms with Crippen LogP contribution in [0, 0.1) is 6.92 Å².